The smallest absolute Gasteiger partial charge is 0.307 e. The van der Waals surface area contributed by atoms with E-state index in [1.807, 2.05) is 0 Å². The Labute approximate surface area is 140 Å². The molecule has 1 aromatic rings. The number of benzene rings is 1. The number of piperidine rings is 1. The molecular formula is C16H19Cl2NO3. The number of hydrogen-bond acceptors (Lipinski definition) is 3. The number of hydrogen-bond donors (Lipinski definition) is 0. The SMILES string of the molecule is COC(=O)CC1CCCCN1C(=O)Cc1c(Cl)cccc1Cl. The van der Waals surface area contributed by atoms with Gasteiger partial charge in [0, 0.05) is 22.6 Å². The van der Waals surface area contributed by atoms with E-state index in [0.717, 1.165) is 19.3 Å². The van der Waals surface area contributed by atoms with Crippen LogP contribution in [0.1, 0.15) is 31.2 Å². The summed E-state index contributed by atoms with van der Waals surface area (Å²) in [5.41, 5.74) is 0.637. The molecule has 1 aliphatic heterocycles. The number of amides is 1. The molecular weight excluding hydrogens is 325 g/mol. The Morgan fingerprint density at radius 2 is 1.95 bits per heavy atom. The van der Waals surface area contributed by atoms with Crippen LogP contribution in [0, 0.1) is 0 Å². The van der Waals surface area contributed by atoms with Gasteiger partial charge in [0.05, 0.1) is 20.0 Å². The minimum absolute atomic E-state index is 0.0522. The minimum Gasteiger partial charge on any atom is -0.469 e. The highest BCUT2D eigenvalue weighted by Crippen LogP contribution is 2.27. The summed E-state index contributed by atoms with van der Waals surface area (Å²) in [7, 11) is 1.36. The molecule has 1 amide bonds. The second-order valence-electron chi connectivity index (χ2n) is 5.39. The Hall–Kier alpha value is -1.26. The summed E-state index contributed by atoms with van der Waals surface area (Å²) in [4.78, 5) is 25.9. The summed E-state index contributed by atoms with van der Waals surface area (Å²) in [6.07, 6.45) is 3.16. The number of likely N-dealkylation sites (tertiary alicyclic amines) is 1. The molecule has 6 heteroatoms. The lowest BCUT2D eigenvalue weighted by Crippen LogP contribution is -2.45. The van der Waals surface area contributed by atoms with Gasteiger partial charge in [0.25, 0.3) is 0 Å². The van der Waals surface area contributed by atoms with Crippen LogP contribution in [-0.2, 0) is 20.7 Å². The van der Waals surface area contributed by atoms with Gasteiger partial charge in [-0.25, -0.2) is 0 Å². The van der Waals surface area contributed by atoms with Crippen LogP contribution in [0.5, 0.6) is 0 Å². The first-order valence-electron chi connectivity index (χ1n) is 7.32. The third-order valence-corrected chi connectivity index (χ3v) is 4.68. The Morgan fingerprint density at radius 3 is 2.59 bits per heavy atom. The lowest BCUT2D eigenvalue weighted by molar-refractivity contribution is -0.144. The molecule has 1 fully saturated rings. The molecule has 1 heterocycles. The van der Waals surface area contributed by atoms with Gasteiger partial charge in [0.2, 0.25) is 5.91 Å². The number of nitrogens with zero attached hydrogens (tertiary/aromatic N) is 1. The molecule has 0 N–H and O–H groups in total. The van der Waals surface area contributed by atoms with Crippen molar-refractivity contribution in [3.05, 3.63) is 33.8 Å². The van der Waals surface area contributed by atoms with E-state index in [1.54, 1.807) is 23.1 Å². The zero-order valence-corrected chi connectivity index (χ0v) is 14.0. The van der Waals surface area contributed by atoms with Gasteiger partial charge in [0.1, 0.15) is 0 Å². The van der Waals surface area contributed by atoms with E-state index in [-0.39, 0.29) is 30.8 Å². The first-order chi connectivity index (χ1) is 10.5. The van der Waals surface area contributed by atoms with Crippen molar-refractivity contribution in [2.24, 2.45) is 0 Å². The molecule has 1 aromatic carbocycles. The third-order valence-electron chi connectivity index (χ3n) is 3.97. The summed E-state index contributed by atoms with van der Waals surface area (Å²) >= 11 is 12.3. The molecule has 0 spiro atoms. The highest BCUT2D eigenvalue weighted by atomic mass is 35.5. The lowest BCUT2D eigenvalue weighted by atomic mass is 9.98. The second kappa shape index (κ2) is 7.84. The first kappa shape index (κ1) is 17.1. The van der Waals surface area contributed by atoms with Crippen LogP contribution in [0.3, 0.4) is 0 Å². The second-order valence-corrected chi connectivity index (χ2v) is 6.21. The van der Waals surface area contributed by atoms with Crippen LogP contribution in [-0.4, -0.2) is 36.5 Å². The van der Waals surface area contributed by atoms with Crippen molar-refractivity contribution < 1.29 is 14.3 Å². The molecule has 4 nitrogen and oxygen atoms in total. The van der Waals surface area contributed by atoms with Crippen LogP contribution in [0.2, 0.25) is 10.0 Å². The highest BCUT2D eigenvalue weighted by molar-refractivity contribution is 6.36. The van der Waals surface area contributed by atoms with Gasteiger partial charge in [-0.15, -0.1) is 0 Å². The van der Waals surface area contributed by atoms with Crippen molar-refractivity contribution in [2.45, 2.75) is 38.1 Å². The maximum atomic E-state index is 12.6. The van der Waals surface area contributed by atoms with Crippen LogP contribution in [0.4, 0.5) is 0 Å². The van der Waals surface area contributed by atoms with Crippen molar-refractivity contribution in [1.82, 2.24) is 4.90 Å². The van der Waals surface area contributed by atoms with Gasteiger partial charge in [-0.3, -0.25) is 9.59 Å². The molecule has 2 rings (SSSR count). The van der Waals surface area contributed by atoms with Crippen LogP contribution in [0.15, 0.2) is 18.2 Å². The van der Waals surface area contributed by atoms with E-state index < -0.39 is 0 Å². The average Bonchev–Trinajstić information content (AvgIpc) is 2.51. The zero-order chi connectivity index (χ0) is 16.1. The summed E-state index contributed by atoms with van der Waals surface area (Å²) in [6.45, 7) is 0.655. The number of rotatable bonds is 4. The first-order valence-corrected chi connectivity index (χ1v) is 8.07. The number of carbonyl (C=O) groups excluding carboxylic acids is 2. The summed E-state index contributed by atoms with van der Waals surface area (Å²) in [5.74, 6) is -0.343. The number of ether oxygens (including phenoxy) is 1. The van der Waals surface area contributed by atoms with E-state index >= 15 is 0 Å². The fourth-order valence-electron chi connectivity index (χ4n) is 2.77. The minimum atomic E-state index is -0.291. The van der Waals surface area contributed by atoms with Crippen molar-refractivity contribution >= 4 is 35.1 Å². The largest absolute Gasteiger partial charge is 0.469 e. The van der Waals surface area contributed by atoms with E-state index in [0.29, 0.717) is 22.2 Å². The van der Waals surface area contributed by atoms with Crippen molar-refractivity contribution in [3.63, 3.8) is 0 Å². The molecule has 22 heavy (non-hydrogen) atoms. The van der Waals surface area contributed by atoms with Crippen LogP contribution >= 0.6 is 23.2 Å². The molecule has 0 radical (unpaired) electrons. The Kier molecular flexibility index (Phi) is 6.09. The molecule has 0 aromatic heterocycles. The normalized spacial score (nSPS) is 18.1. The molecule has 1 atom stereocenters. The zero-order valence-electron chi connectivity index (χ0n) is 12.5. The molecule has 0 aliphatic carbocycles. The molecule has 120 valence electrons. The van der Waals surface area contributed by atoms with Gasteiger partial charge < -0.3 is 9.64 Å². The van der Waals surface area contributed by atoms with E-state index in [4.69, 9.17) is 27.9 Å². The number of methoxy groups -OCH3 is 1. The van der Waals surface area contributed by atoms with Gasteiger partial charge in [-0.1, -0.05) is 29.3 Å². The van der Waals surface area contributed by atoms with Crippen LogP contribution in [0.25, 0.3) is 0 Å². The van der Waals surface area contributed by atoms with Crippen LogP contribution < -0.4 is 0 Å². The van der Waals surface area contributed by atoms with Gasteiger partial charge in [-0.2, -0.15) is 0 Å². The maximum Gasteiger partial charge on any atom is 0.307 e. The van der Waals surface area contributed by atoms with Gasteiger partial charge >= 0.3 is 5.97 Å². The van der Waals surface area contributed by atoms with Crippen molar-refractivity contribution in [1.29, 1.82) is 0 Å². The number of esters is 1. The summed E-state index contributed by atoms with van der Waals surface area (Å²) < 4.78 is 4.72. The summed E-state index contributed by atoms with van der Waals surface area (Å²) in [5, 5.41) is 0.977. The molecule has 0 bridgehead atoms. The molecule has 1 aliphatic rings. The van der Waals surface area contributed by atoms with Gasteiger partial charge in [-0.05, 0) is 37.0 Å². The monoisotopic (exact) mass is 343 g/mol. The predicted octanol–water partition coefficient (Wildman–Crippen LogP) is 3.48. The Bertz CT molecular complexity index is 542. The molecule has 1 saturated heterocycles. The topological polar surface area (TPSA) is 46.6 Å². The Morgan fingerprint density at radius 1 is 1.27 bits per heavy atom. The average molecular weight is 344 g/mol. The Balaban J connectivity index is 2.10. The number of halogens is 2. The lowest BCUT2D eigenvalue weighted by Gasteiger charge is -2.35. The fraction of sp³-hybridized carbons (Fsp3) is 0.500. The maximum absolute atomic E-state index is 12.6. The molecule has 0 saturated carbocycles. The third kappa shape index (κ3) is 4.14. The quantitative estimate of drug-likeness (QED) is 0.786. The van der Waals surface area contributed by atoms with E-state index in [9.17, 15) is 9.59 Å². The van der Waals surface area contributed by atoms with Gasteiger partial charge in [0.15, 0.2) is 0 Å². The van der Waals surface area contributed by atoms with E-state index in [2.05, 4.69) is 0 Å². The van der Waals surface area contributed by atoms with Crippen molar-refractivity contribution in [3.8, 4) is 0 Å². The fourth-order valence-corrected chi connectivity index (χ4v) is 3.30. The number of carbonyl (C=O) groups is 2. The molecule has 1 unspecified atom stereocenters. The van der Waals surface area contributed by atoms with E-state index in [1.165, 1.54) is 7.11 Å². The predicted molar refractivity (Wildman–Crippen MR) is 86.2 cm³/mol. The summed E-state index contributed by atoms with van der Waals surface area (Å²) in [6, 6.07) is 5.09. The highest BCUT2D eigenvalue weighted by Gasteiger charge is 2.29. The standard InChI is InChI=1S/C16H19Cl2NO3/c1-22-16(21)9-11-5-2-3-8-19(11)15(20)10-12-13(17)6-4-7-14(12)18/h4,6-7,11H,2-3,5,8-10H2,1H3. The van der Waals surface area contributed by atoms with Crippen molar-refractivity contribution in [2.75, 3.05) is 13.7 Å².